The molecule has 0 amide bonds. The van der Waals surface area contributed by atoms with Crippen LogP contribution in [0.3, 0.4) is 0 Å². The monoisotopic (exact) mass is 243 g/mol. The van der Waals surface area contributed by atoms with Crippen molar-refractivity contribution in [3.05, 3.63) is 34.9 Å². The van der Waals surface area contributed by atoms with Crippen molar-refractivity contribution in [3.63, 3.8) is 0 Å². The van der Waals surface area contributed by atoms with Gasteiger partial charge in [0.05, 0.1) is 0 Å². The van der Waals surface area contributed by atoms with Gasteiger partial charge in [-0.05, 0) is 25.8 Å². The molecule has 0 fully saturated rings. The first-order valence-electron chi connectivity index (χ1n) is 5.68. The van der Waals surface area contributed by atoms with Gasteiger partial charge in [0.15, 0.2) is 0 Å². The molecule has 2 N–H and O–H groups in total. The van der Waals surface area contributed by atoms with E-state index < -0.39 is 13.0 Å². The number of nitrogens with two attached hydrogens (primary N) is 1. The Hall–Kier alpha value is -1.00. The molecule has 0 aliphatic heterocycles. The van der Waals surface area contributed by atoms with Crippen molar-refractivity contribution in [1.82, 2.24) is 0 Å². The molecule has 0 radical (unpaired) electrons. The molecule has 0 aromatic heterocycles. The summed E-state index contributed by atoms with van der Waals surface area (Å²) in [7, 11) is 0. The molecule has 17 heavy (non-hydrogen) atoms. The Morgan fingerprint density at radius 3 is 2.29 bits per heavy atom. The highest BCUT2D eigenvalue weighted by Gasteiger charge is 2.08. The van der Waals surface area contributed by atoms with Crippen LogP contribution in [0.15, 0.2) is 18.2 Å². The zero-order valence-corrected chi connectivity index (χ0v) is 10.2. The quantitative estimate of drug-likeness (QED) is 0.779. The average molecular weight is 243 g/mol. The standard InChI is InChI=1S/C13H19F2NO/c1-9-5-10(2)7-11(6-9)12(16)3-4-17-8-13(14)15/h5-7,12-13H,3-4,8,16H2,1-2H3. The lowest BCUT2D eigenvalue weighted by molar-refractivity contribution is 0.0152. The molecule has 1 unspecified atom stereocenters. The lowest BCUT2D eigenvalue weighted by Gasteiger charge is -2.14. The van der Waals surface area contributed by atoms with Gasteiger partial charge < -0.3 is 10.5 Å². The molecule has 0 saturated carbocycles. The number of aryl methyl sites for hydroxylation is 2. The van der Waals surface area contributed by atoms with Gasteiger partial charge in [-0.15, -0.1) is 0 Å². The van der Waals surface area contributed by atoms with Gasteiger partial charge in [-0.25, -0.2) is 8.78 Å². The fourth-order valence-corrected chi connectivity index (χ4v) is 1.77. The summed E-state index contributed by atoms with van der Waals surface area (Å²) in [5.41, 5.74) is 9.33. The van der Waals surface area contributed by atoms with Crippen molar-refractivity contribution < 1.29 is 13.5 Å². The summed E-state index contributed by atoms with van der Waals surface area (Å²) >= 11 is 0. The van der Waals surface area contributed by atoms with E-state index in [2.05, 4.69) is 6.07 Å². The van der Waals surface area contributed by atoms with E-state index in [-0.39, 0.29) is 12.6 Å². The Morgan fingerprint density at radius 2 is 1.76 bits per heavy atom. The summed E-state index contributed by atoms with van der Waals surface area (Å²) in [6.07, 6.45) is -1.86. The van der Waals surface area contributed by atoms with E-state index in [1.54, 1.807) is 0 Å². The molecule has 2 nitrogen and oxygen atoms in total. The molecule has 0 bridgehead atoms. The Morgan fingerprint density at radius 1 is 1.18 bits per heavy atom. The fraction of sp³-hybridized carbons (Fsp3) is 0.538. The van der Waals surface area contributed by atoms with E-state index in [1.165, 1.54) is 0 Å². The molecule has 0 spiro atoms. The summed E-state index contributed by atoms with van der Waals surface area (Å²) in [5.74, 6) is 0. The summed E-state index contributed by atoms with van der Waals surface area (Å²) < 4.78 is 28.5. The number of ether oxygens (including phenoxy) is 1. The van der Waals surface area contributed by atoms with Crippen molar-refractivity contribution in [2.75, 3.05) is 13.2 Å². The van der Waals surface area contributed by atoms with Crippen molar-refractivity contribution in [3.8, 4) is 0 Å². The van der Waals surface area contributed by atoms with Crippen LogP contribution in [-0.2, 0) is 4.74 Å². The second-order valence-corrected chi connectivity index (χ2v) is 4.28. The van der Waals surface area contributed by atoms with Gasteiger partial charge in [0.1, 0.15) is 6.61 Å². The van der Waals surface area contributed by atoms with Gasteiger partial charge in [-0.2, -0.15) is 0 Å². The highest BCUT2D eigenvalue weighted by Crippen LogP contribution is 2.17. The molecule has 96 valence electrons. The maximum Gasteiger partial charge on any atom is 0.261 e. The predicted octanol–water partition coefficient (Wildman–Crippen LogP) is 2.98. The van der Waals surface area contributed by atoms with E-state index in [0.717, 1.165) is 16.7 Å². The second-order valence-electron chi connectivity index (χ2n) is 4.28. The Labute approximate surface area is 101 Å². The minimum absolute atomic E-state index is 0.161. The van der Waals surface area contributed by atoms with E-state index >= 15 is 0 Å². The van der Waals surface area contributed by atoms with Crippen LogP contribution < -0.4 is 5.73 Å². The highest BCUT2D eigenvalue weighted by molar-refractivity contribution is 5.30. The summed E-state index contributed by atoms with van der Waals surface area (Å²) in [6.45, 7) is 3.77. The van der Waals surface area contributed by atoms with Gasteiger partial charge in [-0.3, -0.25) is 0 Å². The first-order valence-corrected chi connectivity index (χ1v) is 5.68. The van der Waals surface area contributed by atoms with Gasteiger partial charge in [0, 0.05) is 12.6 Å². The maximum absolute atomic E-state index is 11.8. The van der Waals surface area contributed by atoms with E-state index in [0.29, 0.717) is 6.42 Å². The Bertz CT molecular complexity index is 335. The topological polar surface area (TPSA) is 35.2 Å². The van der Waals surface area contributed by atoms with Crippen LogP contribution in [0.2, 0.25) is 0 Å². The minimum Gasteiger partial charge on any atom is -0.375 e. The number of rotatable bonds is 6. The molecule has 1 atom stereocenters. The largest absolute Gasteiger partial charge is 0.375 e. The Balaban J connectivity index is 2.43. The van der Waals surface area contributed by atoms with Gasteiger partial charge in [0.25, 0.3) is 6.43 Å². The van der Waals surface area contributed by atoms with Gasteiger partial charge >= 0.3 is 0 Å². The van der Waals surface area contributed by atoms with Crippen LogP contribution in [0.4, 0.5) is 8.78 Å². The van der Waals surface area contributed by atoms with E-state index in [9.17, 15) is 8.78 Å². The first-order chi connectivity index (χ1) is 7.99. The van der Waals surface area contributed by atoms with Crippen molar-refractivity contribution in [2.24, 2.45) is 5.73 Å². The number of alkyl halides is 2. The number of benzene rings is 1. The molecule has 0 aliphatic carbocycles. The first kappa shape index (κ1) is 14.1. The third-order valence-corrected chi connectivity index (χ3v) is 2.49. The summed E-state index contributed by atoms with van der Waals surface area (Å²) in [4.78, 5) is 0. The molecule has 0 saturated heterocycles. The highest BCUT2D eigenvalue weighted by atomic mass is 19.3. The molecule has 1 aromatic carbocycles. The molecule has 0 aliphatic rings. The fourth-order valence-electron chi connectivity index (χ4n) is 1.77. The number of hydrogen-bond acceptors (Lipinski definition) is 2. The van der Waals surface area contributed by atoms with E-state index in [4.69, 9.17) is 10.5 Å². The lowest BCUT2D eigenvalue weighted by atomic mass is 10.0. The second kappa shape index (κ2) is 6.67. The summed E-state index contributed by atoms with van der Waals surface area (Å²) in [5, 5.41) is 0. The smallest absolute Gasteiger partial charge is 0.261 e. The molecular formula is C13H19F2NO. The van der Waals surface area contributed by atoms with Gasteiger partial charge in [0.2, 0.25) is 0 Å². The van der Waals surface area contributed by atoms with Crippen molar-refractivity contribution >= 4 is 0 Å². The minimum atomic E-state index is -2.41. The SMILES string of the molecule is Cc1cc(C)cc(C(N)CCOCC(F)F)c1. The molecule has 1 aromatic rings. The Kier molecular flexibility index (Phi) is 5.51. The van der Waals surface area contributed by atoms with Crippen molar-refractivity contribution in [1.29, 1.82) is 0 Å². The summed E-state index contributed by atoms with van der Waals surface area (Å²) in [6, 6.07) is 5.95. The van der Waals surface area contributed by atoms with Crippen LogP contribution in [-0.4, -0.2) is 19.6 Å². The average Bonchev–Trinajstić information content (AvgIpc) is 2.22. The lowest BCUT2D eigenvalue weighted by Crippen LogP contribution is -2.15. The predicted molar refractivity (Wildman–Crippen MR) is 64.3 cm³/mol. The zero-order chi connectivity index (χ0) is 12.8. The number of hydrogen-bond donors (Lipinski definition) is 1. The normalized spacial score (nSPS) is 13.1. The van der Waals surface area contributed by atoms with Gasteiger partial charge in [-0.1, -0.05) is 29.3 Å². The number of halogens is 2. The third-order valence-electron chi connectivity index (χ3n) is 2.49. The molecule has 1 rings (SSSR count). The van der Waals surface area contributed by atoms with Crippen LogP contribution in [0.5, 0.6) is 0 Å². The maximum atomic E-state index is 11.8. The third kappa shape index (κ3) is 5.24. The van der Waals surface area contributed by atoms with Crippen LogP contribution >= 0.6 is 0 Å². The molecule has 0 heterocycles. The van der Waals surface area contributed by atoms with Crippen LogP contribution in [0.1, 0.15) is 29.2 Å². The van der Waals surface area contributed by atoms with E-state index in [1.807, 2.05) is 26.0 Å². The molecule has 4 heteroatoms. The van der Waals surface area contributed by atoms with Crippen LogP contribution in [0, 0.1) is 13.8 Å². The van der Waals surface area contributed by atoms with Crippen molar-refractivity contribution in [2.45, 2.75) is 32.7 Å². The zero-order valence-electron chi connectivity index (χ0n) is 10.2. The molecular weight excluding hydrogens is 224 g/mol. The van der Waals surface area contributed by atoms with Crippen LogP contribution in [0.25, 0.3) is 0 Å².